The number of rotatable bonds is 8. The average Bonchev–Trinajstić information content (AvgIpc) is 2.48. The van der Waals surface area contributed by atoms with Gasteiger partial charge in [-0.05, 0) is 44.7 Å². The number of benzene rings is 1. The van der Waals surface area contributed by atoms with E-state index in [0.717, 1.165) is 19.6 Å². The molecule has 1 unspecified atom stereocenters. The van der Waals surface area contributed by atoms with Gasteiger partial charge < -0.3 is 10.2 Å². The second kappa shape index (κ2) is 9.03. The number of thioether (sulfide) groups is 1. The normalized spacial score (nSPS) is 12.2. The largest absolute Gasteiger partial charge is 0.343 e. The predicted octanol–water partition coefficient (Wildman–Crippen LogP) is 3.32. The summed E-state index contributed by atoms with van der Waals surface area (Å²) < 4.78 is 0. The fourth-order valence-electron chi connectivity index (χ4n) is 2.14. The Labute approximate surface area is 127 Å². The molecule has 1 N–H and O–H groups in total. The van der Waals surface area contributed by atoms with Crippen molar-refractivity contribution in [1.29, 1.82) is 0 Å². The molecule has 1 rings (SSSR count). The first-order valence-electron chi connectivity index (χ1n) is 7.27. The van der Waals surface area contributed by atoms with E-state index in [4.69, 9.17) is 0 Å². The standard InChI is InChI=1S/C16H26N2OS/c1-5-18(6-2)16(19)11-12-17-13(3)14-7-9-15(20-4)10-8-14/h7-10,13,17H,5-6,11-12H2,1-4H3. The third-order valence-corrected chi connectivity index (χ3v) is 4.26. The fraction of sp³-hybridized carbons (Fsp3) is 0.562. The fourth-order valence-corrected chi connectivity index (χ4v) is 2.55. The van der Waals surface area contributed by atoms with E-state index in [0.29, 0.717) is 6.42 Å². The van der Waals surface area contributed by atoms with E-state index in [1.807, 2.05) is 18.7 Å². The highest BCUT2D eigenvalue weighted by molar-refractivity contribution is 7.98. The summed E-state index contributed by atoms with van der Waals surface area (Å²) in [5, 5.41) is 3.42. The number of carbonyl (C=O) groups is 1. The van der Waals surface area contributed by atoms with Crippen LogP contribution in [0, 0.1) is 0 Å². The molecule has 1 amide bonds. The van der Waals surface area contributed by atoms with Crippen molar-refractivity contribution in [3.05, 3.63) is 29.8 Å². The molecule has 0 aliphatic carbocycles. The molecule has 20 heavy (non-hydrogen) atoms. The van der Waals surface area contributed by atoms with E-state index < -0.39 is 0 Å². The minimum Gasteiger partial charge on any atom is -0.343 e. The quantitative estimate of drug-likeness (QED) is 0.747. The molecule has 1 aromatic carbocycles. The summed E-state index contributed by atoms with van der Waals surface area (Å²) >= 11 is 1.75. The van der Waals surface area contributed by atoms with E-state index in [9.17, 15) is 4.79 Å². The van der Waals surface area contributed by atoms with Gasteiger partial charge in [0.15, 0.2) is 0 Å². The maximum absolute atomic E-state index is 11.9. The molecule has 0 fully saturated rings. The Bertz CT molecular complexity index is 401. The van der Waals surface area contributed by atoms with Crippen molar-refractivity contribution in [1.82, 2.24) is 10.2 Å². The lowest BCUT2D eigenvalue weighted by Gasteiger charge is -2.20. The number of nitrogens with one attached hydrogen (secondary N) is 1. The van der Waals surface area contributed by atoms with Gasteiger partial charge >= 0.3 is 0 Å². The number of carbonyl (C=O) groups excluding carboxylic acids is 1. The van der Waals surface area contributed by atoms with E-state index in [1.165, 1.54) is 10.5 Å². The molecule has 1 aromatic rings. The van der Waals surface area contributed by atoms with Crippen LogP contribution in [0.15, 0.2) is 29.2 Å². The van der Waals surface area contributed by atoms with Gasteiger partial charge in [-0.3, -0.25) is 4.79 Å². The topological polar surface area (TPSA) is 32.3 Å². The SMILES string of the molecule is CCN(CC)C(=O)CCNC(C)c1ccc(SC)cc1. The Kier molecular flexibility index (Phi) is 7.70. The van der Waals surface area contributed by atoms with E-state index in [1.54, 1.807) is 11.8 Å². The highest BCUT2D eigenvalue weighted by Gasteiger charge is 2.10. The van der Waals surface area contributed by atoms with Crippen LogP contribution in [0.5, 0.6) is 0 Å². The number of hydrogen-bond donors (Lipinski definition) is 1. The van der Waals surface area contributed by atoms with Crippen LogP contribution in [-0.4, -0.2) is 36.7 Å². The molecule has 0 radical (unpaired) electrons. The molecular weight excluding hydrogens is 268 g/mol. The van der Waals surface area contributed by atoms with Crippen LogP contribution in [0.25, 0.3) is 0 Å². The molecule has 0 bridgehead atoms. The zero-order valence-corrected chi connectivity index (χ0v) is 13.8. The summed E-state index contributed by atoms with van der Waals surface area (Å²) in [5.41, 5.74) is 1.26. The third kappa shape index (κ3) is 5.17. The van der Waals surface area contributed by atoms with Gasteiger partial charge in [0.1, 0.15) is 0 Å². The molecule has 3 nitrogen and oxygen atoms in total. The van der Waals surface area contributed by atoms with Gasteiger partial charge in [-0.1, -0.05) is 12.1 Å². The lowest BCUT2D eigenvalue weighted by molar-refractivity contribution is -0.130. The zero-order chi connectivity index (χ0) is 15.0. The van der Waals surface area contributed by atoms with Crippen LogP contribution >= 0.6 is 11.8 Å². The van der Waals surface area contributed by atoms with Crippen LogP contribution in [-0.2, 0) is 4.79 Å². The minimum atomic E-state index is 0.229. The third-order valence-electron chi connectivity index (χ3n) is 3.52. The summed E-state index contributed by atoms with van der Waals surface area (Å²) in [6, 6.07) is 8.85. The minimum absolute atomic E-state index is 0.229. The van der Waals surface area contributed by atoms with Crippen molar-refractivity contribution in [2.24, 2.45) is 0 Å². The lowest BCUT2D eigenvalue weighted by atomic mass is 10.1. The van der Waals surface area contributed by atoms with Gasteiger partial charge in [0, 0.05) is 37.0 Å². The Hall–Kier alpha value is -1.00. The zero-order valence-electron chi connectivity index (χ0n) is 13.0. The predicted molar refractivity (Wildman–Crippen MR) is 87.2 cm³/mol. The van der Waals surface area contributed by atoms with Gasteiger partial charge in [0.05, 0.1) is 0 Å². The molecule has 0 aliphatic rings. The van der Waals surface area contributed by atoms with Crippen LogP contribution in [0.3, 0.4) is 0 Å². The number of hydrogen-bond acceptors (Lipinski definition) is 3. The Morgan fingerprint density at radius 1 is 1.25 bits per heavy atom. The monoisotopic (exact) mass is 294 g/mol. The van der Waals surface area contributed by atoms with E-state index >= 15 is 0 Å². The van der Waals surface area contributed by atoms with Gasteiger partial charge in [0.2, 0.25) is 5.91 Å². The van der Waals surface area contributed by atoms with Crippen LogP contribution in [0.2, 0.25) is 0 Å². The van der Waals surface area contributed by atoms with Gasteiger partial charge in [-0.25, -0.2) is 0 Å². The molecule has 0 saturated carbocycles. The summed E-state index contributed by atoms with van der Waals surface area (Å²) in [6.45, 7) is 8.48. The molecular formula is C16H26N2OS. The smallest absolute Gasteiger partial charge is 0.223 e. The second-order valence-electron chi connectivity index (χ2n) is 4.77. The van der Waals surface area contributed by atoms with Crippen LogP contribution in [0.1, 0.15) is 38.8 Å². The van der Waals surface area contributed by atoms with Crippen molar-refractivity contribution < 1.29 is 4.79 Å². The average molecular weight is 294 g/mol. The molecule has 0 aliphatic heterocycles. The molecule has 112 valence electrons. The van der Waals surface area contributed by atoms with Crippen molar-refractivity contribution in [2.75, 3.05) is 25.9 Å². The molecule has 4 heteroatoms. The van der Waals surface area contributed by atoms with Gasteiger partial charge in [-0.2, -0.15) is 0 Å². The summed E-state index contributed by atoms with van der Waals surface area (Å²) in [7, 11) is 0. The van der Waals surface area contributed by atoms with E-state index in [-0.39, 0.29) is 11.9 Å². The van der Waals surface area contributed by atoms with Crippen molar-refractivity contribution in [3.8, 4) is 0 Å². The van der Waals surface area contributed by atoms with Crippen molar-refractivity contribution in [3.63, 3.8) is 0 Å². The second-order valence-corrected chi connectivity index (χ2v) is 5.64. The number of nitrogens with zero attached hydrogens (tertiary/aromatic N) is 1. The van der Waals surface area contributed by atoms with Gasteiger partial charge in [0.25, 0.3) is 0 Å². The summed E-state index contributed by atoms with van der Waals surface area (Å²) in [5.74, 6) is 0.229. The maximum atomic E-state index is 11.9. The molecule has 0 spiro atoms. The van der Waals surface area contributed by atoms with Crippen molar-refractivity contribution >= 4 is 17.7 Å². The van der Waals surface area contributed by atoms with E-state index in [2.05, 4.69) is 42.8 Å². The highest BCUT2D eigenvalue weighted by Crippen LogP contribution is 2.18. The summed E-state index contributed by atoms with van der Waals surface area (Å²) in [4.78, 5) is 15.0. The first kappa shape index (κ1) is 17.1. The van der Waals surface area contributed by atoms with Crippen LogP contribution < -0.4 is 5.32 Å². The Balaban J connectivity index is 2.39. The highest BCUT2D eigenvalue weighted by atomic mass is 32.2. The maximum Gasteiger partial charge on any atom is 0.223 e. The van der Waals surface area contributed by atoms with Crippen molar-refractivity contribution in [2.45, 2.75) is 38.1 Å². The number of amides is 1. The first-order valence-corrected chi connectivity index (χ1v) is 8.49. The summed E-state index contributed by atoms with van der Waals surface area (Å²) in [6.07, 6.45) is 2.64. The Morgan fingerprint density at radius 2 is 1.85 bits per heavy atom. The molecule has 0 heterocycles. The molecule has 1 atom stereocenters. The lowest BCUT2D eigenvalue weighted by Crippen LogP contribution is -2.33. The Morgan fingerprint density at radius 3 is 2.35 bits per heavy atom. The first-order chi connectivity index (χ1) is 9.62. The molecule has 0 aromatic heterocycles. The molecule has 0 saturated heterocycles. The van der Waals surface area contributed by atoms with Crippen LogP contribution in [0.4, 0.5) is 0 Å². The van der Waals surface area contributed by atoms with Gasteiger partial charge in [-0.15, -0.1) is 11.8 Å².